The number of nitrogens with zero attached hydrogens (tertiary/aromatic N) is 1. The maximum absolute atomic E-state index is 11.7. The van der Waals surface area contributed by atoms with Gasteiger partial charge >= 0.3 is 0 Å². The van der Waals surface area contributed by atoms with Gasteiger partial charge in [0.2, 0.25) is 5.91 Å². The minimum Gasteiger partial charge on any atom is -0.496 e. The molecule has 2 rings (SSSR count). The summed E-state index contributed by atoms with van der Waals surface area (Å²) in [6.45, 7) is -0.200. The lowest BCUT2D eigenvalue weighted by molar-refractivity contribution is -0.123. The molecule has 0 bridgehead atoms. The lowest BCUT2D eigenvalue weighted by Crippen LogP contribution is -2.34. The van der Waals surface area contributed by atoms with Crippen molar-refractivity contribution >= 4 is 40.0 Å². The van der Waals surface area contributed by atoms with Crippen molar-refractivity contribution < 1.29 is 18.7 Å². The molecule has 1 aromatic heterocycles. The number of methoxy groups -OCH3 is 1. The van der Waals surface area contributed by atoms with Crippen molar-refractivity contribution in [2.24, 2.45) is 5.10 Å². The maximum atomic E-state index is 11.7. The van der Waals surface area contributed by atoms with E-state index in [-0.39, 0.29) is 6.54 Å². The highest BCUT2D eigenvalue weighted by molar-refractivity contribution is 9.10. The fourth-order valence-corrected chi connectivity index (χ4v) is 2.17. The average Bonchev–Trinajstić information content (AvgIpc) is 3.12. The van der Waals surface area contributed by atoms with Gasteiger partial charge < -0.3 is 14.5 Å². The second-order valence-corrected chi connectivity index (χ2v) is 5.66. The molecule has 0 saturated heterocycles. The van der Waals surface area contributed by atoms with Gasteiger partial charge in [-0.2, -0.15) is 5.10 Å². The number of amides is 2. The number of benzene rings is 1. The minimum atomic E-state index is -0.454. The summed E-state index contributed by atoms with van der Waals surface area (Å²) in [7, 11) is 1.55. The molecule has 0 aliphatic carbocycles. The minimum absolute atomic E-state index is 0.200. The van der Waals surface area contributed by atoms with Gasteiger partial charge in [-0.3, -0.25) is 9.59 Å². The summed E-state index contributed by atoms with van der Waals surface area (Å²) in [5, 5.41) is 6.29. The summed E-state index contributed by atoms with van der Waals surface area (Å²) < 4.78 is 11.1. The smallest absolute Gasteiger partial charge is 0.259 e. The average molecular weight is 406 g/mol. The summed E-state index contributed by atoms with van der Waals surface area (Å²) in [5.74, 6) is 0.305. The van der Waals surface area contributed by atoms with E-state index in [1.807, 2.05) is 6.07 Å². The molecule has 1 aromatic carbocycles. The Labute approximate surface area is 152 Å². The largest absolute Gasteiger partial charge is 0.496 e. The molecule has 0 atom stereocenters. The van der Waals surface area contributed by atoms with Gasteiger partial charge in [0.05, 0.1) is 26.1 Å². The molecule has 0 spiro atoms. The molecule has 7 nitrogen and oxygen atoms in total. The molecule has 2 amide bonds. The first-order chi connectivity index (χ1) is 12.1. The van der Waals surface area contributed by atoms with Gasteiger partial charge in [0.1, 0.15) is 11.5 Å². The molecule has 0 aliphatic rings. The summed E-state index contributed by atoms with van der Waals surface area (Å²) >= 11 is 3.35. The number of carbonyl (C=O) groups is 2. The summed E-state index contributed by atoms with van der Waals surface area (Å²) in [6.07, 6.45) is 5.75. The summed E-state index contributed by atoms with van der Waals surface area (Å²) in [4.78, 5) is 23.2. The molecule has 0 unspecified atom stereocenters. The van der Waals surface area contributed by atoms with Crippen molar-refractivity contribution in [3.8, 4) is 5.75 Å². The van der Waals surface area contributed by atoms with Crippen LogP contribution in [0.5, 0.6) is 5.75 Å². The van der Waals surface area contributed by atoms with E-state index in [0.29, 0.717) is 17.1 Å². The van der Waals surface area contributed by atoms with Crippen LogP contribution < -0.4 is 15.5 Å². The number of halogens is 1. The molecule has 0 saturated carbocycles. The van der Waals surface area contributed by atoms with Gasteiger partial charge in [0, 0.05) is 16.1 Å². The molecule has 25 heavy (non-hydrogen) atoms. The molecule has 0 fully saturated rings. The van der Waals surface area contributed by atoms with Gasteiger partial charge in [-0.15, -0.1) is 0 Å². The van der Waals surface area contributed by atoms with E-state index in [1.54, 1.807) is 31.4 Å². The van der Waals surface area contributed by atoms with Crippen LogP contribution in [0.3, 0.4) is 0 Å². The Morgan fingerprint density at radius 2 is 2.20 bits per heavy atom. The molecule has 2 aromatic rings. The second-order valence-electron chi connectivity index (χ2n) is 4.75. The standard InChI is InChI=1S/C17H16BrN3O4/c1-24-15-6-4-13(18)9-12(15)10-20-21-17(23)11-19-16(22)7-5-14-3-2-8-25-14/h2-10H,11H2,1H3,(H,19,22)(H,21,23)/b7-5+,20-10-. The van der Waals surface area contributed by atoms with Crippen LogP contribution in [-0.4, -0.2) is 31.7 Å². The predicted molar refractivity (Wildman–Crippen MR) is 97.2 cm³/mol. The summed E-state index contributed by atoms with van der Waals surface area (Å²) in [6, 6.07) is 8.83. The van der Waals surface area contributed by atoms with Crippen LogP contribution in [0.1, 0.15) is 11.3 Å². The van der Waals surface area contributed by atoms with E-state index < -0.39 is 11.8 Å². The Kier molecular flexibility index (Phi) is 6.97. The van der Waals surface area contributed by atoms with Gasteiger partial charge in [-0.1, -0.05) is 15.9 Å². The zero-order valence-electron chi connectivity index (χ0n) is 13.4. The van der Waals surface area contributed by atoms with Crippen LogP contribution in [0, 0.1) is 0 Å². The number of hydrogen-bond donors (Lipinski definition) is 2. The Hall–Kier alpha value is -2.87. The van der Waals surface area contributed by atoms with Gasteiger partial charge in [0.15, 0.2) is 0 Å². The Morgan fingerprint density at radius 3 is 2.92 bits per heavy atom. The molecular formula is C17H16BrN3O4. The number of furan rings is 1. The Balaban J connectivity index is 1.79. The van der Waals surface area contributed by atoms with E-state index in [4.69, 9.17) is 9.15 Å². The number of nitrogens with one attached hydrogen (secondary N) is 2. The highest BCUT2D eigenvalue weighted by Gasteiger charge is 2.03. The quantitative estimate of drug-likeness (QED) is 0.419. The third-order valence-electron chi connectivity index (χ3n) is 2.95. The highest BCUT2D eigenvalue weighted by Crippen LogP contribution is 2.21. The van der Waals surface area contributed by atoms with Gasteiger partial charge in [0.25, 0.3) is 5.91 Å². The topological polar surface area (TPSA) is 92.9 Å². The fraction of sp³-hybridized carbons (Fsp3) is 0.118. The van der Waals surface area contributed by atoms with Gasteiger partial charge in [-0.05, 0) is 36.4 Å². The molecule has 130 valence electrons. The van der Waals surface area contributed by atoms with Crippen LogP contribution in [0.4, 0.5) is 0 Å². The third-order valence-corrected chi connectivity index (χ3v) is 3.44. The number of carbonyl (C=O) groups excluding carboxylic acids is 2. The molecule has 1 heterocycles. The van der Waals surface area contributed by atoms with E-state index in [0.717, 1.165) is 4.47 Å². The van der Waals surface area contributed by atoms with Crippen molar-refractivity contribution in [2.45, 2.75) is 0 Å². The monoisotopic (exact) mass is 405 g/mol. The summed E-state index contributed by atoms with van der Waals surface area (Å²) in [5.41, 5.74) is 3.03. The molecule has 0 aliphatic heterocycles. The lowest BCUT2D eigenvalue weighted by atomic mass is 10.2. The highest BCUT2D eigenvalue weighted by atomic mass is 79.9. The van der Waals surface area contributed by atoms with Crippen molar-refractivity contribution in [3.63, 3.8) is 0 Å². The van der Waals surface area contributed by atoms with E-state index in [1.165, 1.54) is 24.6 Å². The number of rotatable bonds is 7. The Bertz CT molecular complexity index is 785. The van der Waals surface area contributed by atoms with Crippen LogP contribution in [0.25, 0.3) is 6.08 Å². The van der Waals surface area contributed by atoms with E-state index in [2.05, 4.69) is 31.8 Å². The Morgan fingerprint density at radius 1 is 1.36 bits per heavy atom. The fourth-order valence-electron chi connectivity index (χ4n) is 1.79. The van der Waals surface area contributed by atoms with Gasteiger partial charge in [-0.25, -0.2) is 5.43 Å². The van der Waals surface area contributed by atoms with E-state index in [9.17, 15) is 9.59 Å². The second kappa shape index (κ2) is 9.43. The number of ether oxygens (including phenoxy) is 1. The first-order valence-electron chi connectivity index (χ1n) is 7.23. The molecule has 2 N–H and O–H groups in total. The predicted octanol–water partition coefficient (Wildman–Crippen LogP) is 2.33. The van der Waals surface area contributed by atoms with Crippen LogP contribution in [0.15, 0.2) is 56.7 Å². The molecule has 8 heteroatoms. The third kappa shape index (κ3) is 6.27. The van der Waals surface area contributed by atoms with E-state index >= 15 is 0 Å². The van der Waals surface area contributed by atoms with Crippen molar-refractivity contribution in [3.05, 3.63) is 58.5 Å². The lowest BCUT2D eigenvalue weighted by Gasteiger charge is -2.05. The zero-order chi connectivity index (χ0) is 18.1. The molecular weight excluding hydrogens is 390 g/mol. The first-order valence-corrected chi connectivity index (χ1v) is 8.02. The van der Waals surface area contributed by atoms with Crippen LogP contribution in [-0.2, 0) is 9.59 Å². The van der Waals surface area contributed by atoms with Crippen molar-refractivity contribution in [1.29, 1.82) is 0 Å². The molecule has 0 radical (unpaired) electrons. The number of hydrogen-bond acceptors (Lipinski definition) is 5. The number of hydrazone groups is 1. The van der Waals surface area contributed by atoms with Crippen LogP contribution in [0.2, 0.25) is 0 Å². The zero-order valence-corrected chi connectivity index (χ0v) is 14.9. The van der Waals surface area contributed by atoms with Crippen molar-refractivity contribution in [1.82, 2.24) is 10.7 Å². The first kappa shape index (κ1) is 18.5. The normalized spacial score (nSPS) is 11.0. The van der Waals surface area contributed by atoms with Crippen LogP contribution >= 0.6 is 15.9 Å². The SMILES string of the molecule is COc1ccc(Br)cc1/C=N\NC(=O)CNC(=O)/C=C/c1ccco1. The maximum Gasteiger partial charge on any atom is 0.259 e. The van der Waals surface area contributed by atoms with Crippen molar-refractivity contribution in [2.75, 3.05) is 13.7 Å².